The van der Waals surface area contributed by atoms with Crippen LogP contribution in [-0.4, -0.2) is 12.6 Å². The number of hydrogen-bond acceptors (Lipinski definition) is 2. The van der Waals surface area contributed by atoms with Crippen LogP contribution in [0.15, 0.2) is 12.2 Å². The predicted molar refractivity (Wildman–Crippen MR) is 68.5 cm³/mol. The summed E-state index contributed by atoms with van der Waals surface area (Å²) in [6.45, 7) is 10.6. The molecule has 0 aromatic heterocycles. The average Bonchev–Trinajstić information content (AvgIpc) is 2.83. The molecule has 0 spiro atoms. The van der Waals surface area contributed by atoms with Crippen molar-refractivity contribution in [2.75, 3.05) is 6.61 Å². The molecule has 2 saturated carbocycles. The Labute approximate surface area is 104 Å². The van der Waals surface area contributed by atoms with Gasteiger partial charge in [-0.05, 0) is 55.8 Å². The summed E-state index contributed by atoms with van der Waals surface area (Å²) in [5.74, 6) is 2.31. The summed E-state index contributed by atoms with van der Waals surface area (Å²) in [5.41, 5.74) is 0.884. The standard InChI is InChI=1S/C15H24O2/c1-10(2)14(16)17-8-7-15(4)11(3)12-5-6-13(15)9-12/h11-13H,1,5-9H2,2-4H3. The number of carbonyl (C=O) groups is 1. The molecular formula is C15H24O2. The van der Waals surface area contributed by atoms with Gasteiger partial charge in [0.15, 0.2) is 0 Å². The van der Waals surface area contributed by atoms with E-state index in [4.69, 9.17) is 4.74 Å². The van der Waals surface area contributed by atoms with E-state index < -0.39 is 0 Å². The van der Waals surface area contributed by atoms with Crippen molar-refractivity contribution < 1.29 is 9.53 Å². The van der Waals surface area contributed by atoms with Gasteiger partial charge in [-0.1, -0.05) is 20.4 Å². The Hall–Kier alpha value is -0.790. The van der Waals surface area contributed by atoms with E-state index >= 15 is 0 Å². The molecule has 2 rings (SSSR count). The lowest BCUT2D eigenvalue weighted by atomic mass is 9.66. The van der Waals surface area contributed by atoms with Crippen LogP contribution in [0.25, 0.3) is 0 Å². The summed E-state index contributed by atoms with van der Waals surface area (Å²) < 4.78 is 5.25. The molecule has 2 bridgehead atoms. The van der Waals surface area contributed by atoms with Crippen LogP contribution < -0.4 is 0 Å². The first-order valence-electron chi connectivity index (χ1n) is 6.78. The molecule has 0 heterocycles. The minimum atomic E-state index is -0.246. The van der Waals surface area contributed by atoms with Crippen LogP contribution >= 0.6 is 0 Å². The van der Waals surface area contributed by atoms with Crippen LogP contribution in [0, 0.1) is 23.2 Å². The van der Waals surface area contributed by atoms with E-state index in [0.717, 1.165) is 24.2 Å². The molecule has 4 atom stereocenters. The molecule has 2 aliphatic carbocycles. The fourth-order valence-electron chi connectivity index (χ4n) is 3.90. The van der Waals surface area contributed by atoms with Gasteiger partial charge in [-0.3, -0.25) is 0 Å². The third kappa shape index (κ3) is 2.14. The van der Waals surface area contributed by atoms with Gasteiger partial charge in [0.05, 0.1) is 6.61 Å². The number of hydrogen-bond donors (Lipinski definition) is 0. The fourth-order valence-corrected chi connectivity index (χ4v) is 3.90. The quantitative estimate of drug-likeness (QED) is 0.551. The van der Waals surface area contributed by atoms with Crippen LogP contribution in [-0.2, 0) is 9.53 Å². The van der Waals surface area contributed by atoms with Crippen molar-refractivity contribution in [1.82, 2.24) is 0 Å². The Kier molecular flexibility index (Phi) is 3.33. The van der Waals surface area contributed by atoms with Gasteiger partial charge in [-0.25, -0.2) is 4.79 Å². The maximum Gasteiger partial charge on any atom is 0.333 e. The van der Waals surface area contributed by atoms with Crippen LogP contribution in [0.2, 0.25) is 0 Å². The molecule has 0 saturated heterocycles. The highest BCUT2D eigenvalue weighted by atomic mass is 16.5. The Bertz CT molecular complexity index is 330. The zero-order chi connectivity index (χ0) is 12.6. The maximum atomic E-state index is 11.3. The Morgan fingerprint density at radius 3 is 2.71 bits per heavy atom. The topological polar surface area (TPSA) is 26.3 Å². The van der Waals surface area contributed by atoms with Gasteiger partial charge in [0.1, 0.15) is 0 Å². The van der Waals surface area contributed by atoms with E-state index in [1.165, 1.54) is 19.3 Å². The molecule has 0 aliphatic heterocycles. The normalized spacial score (nSPS) is 39.4. The first-order valence-corrected chi connectivity index (χ1v) is 6.78. The largest absolute Gasteiger partial charge is 0.462 e. The van der Waals surface area contributed by atoms with Crippen molar-refractivity contribution in [3.8, 4) is 0 Å². The van der Waals surface area contributed by atoms with E-state index in [0.29, 0.717) is 17.6 Å². The summed E-state index contributed by atoms with van der Waals surface area (Å²) in [6.07, 6.45) is 5.19. The zero-order valence-electron chi connectivity index (χ0n) is 11.3. The Morgan fingerprint density at radius 1 is 1.47 bits per heavy atom. The van der Waals surface area contributed by atoms with Crippen molar-refractivity contribution in [3.05, 3.63) is 12.2 Å². The van der Waals surface area contributed by atoms with Gasteiger partial charge < -0.3 is 4.74 Å². The van der Waals surface area contributed by atoms with Gasteiger partial charge in [-0.15, -0.1) is 0 Å². The third-order valence-corrected chi connectivity index (χ3v) is 5.38. The highest BCUT2D eigenvalue weighted by Crippen LogP contribution is 2.60. The minimum absolute atomic E-state index is 0.246. The molecule has 2 nitrogen and oxygen atoms in total. The monoisotopic (exact) mass is 236 g/mol. The molecule has 17 heavy (non-hydrogen) atoms. The first-order chi connectivity index (χ1) is 7.95. The minimum Gasteiger partial charge on any atom is -0.462 e. The second-order valence-corrected chi connectivity index (χ2v) is 6.23. The number of ether oxygens (including phenoxy) is 1. The smallest absolute Gasteiger partial charge is 0.333 e. The van der Waals surface area contributed by atoms with Crippen molar-refractivity contribution in [2.24, 2.45) is 23.2 Å². The van der Waals surface area contributed by atoms with E-state index in [-0.39, 0.29) is 5.97 Å². The summed E-state index contributed by atoms with van der Waals surface area (Å²) in [7, 11) is 0. The van der Waals surface area contributed by atoms with Gasteiger partial charge in [0.2, 0.25) is 0 Å². The summed E-state index contributed by atoms with van der Waals surface area (Å²) >= 11 is 0. The molecule has 0 aromatic carbocycles. The van der Waals surface area contributed by atoms with Gasteiger partial charge >= 0.3 is 5.97 Å². The van der Waals surface area contributed by atoms with Crippen molar-refractivity contribution in [1.29, 1.82) is 0 Å². The lowest BCUT2D eigenvalue weighted by Gasteiger charge is -2.39. The first kappa shape index (κ1) is 12.7. The highest BCUT2D eigenvalue weighted by Gasteiger charge is 2.52. The van der Waals surface area contributed by atoms with Crippen molar-refractivity contribution >= 4 is 5.97 Å². The highest BCUT2D eigenvalue weighted by molar-refractivity contribution is 5.86. The molecule has 0 amide bonds. The lowest BCUT2D eigenvalue weighted by molar-refractivity contribution is -0.140. The Balaban J connectivity index is 1.86. The zero-order valence-corrected chi connectivity index (χ0v) is 11.3. The maximum absolute atomic E-state index is 11.3. The SMILES string of the molecule is C=C(C)C(=O)OCCC1(C)C2CCC(C2)C1C. The van der Waals surface area contributed by atoms with Crippen LogP contribution in [0.5, 0.6) is 0 Å². The molecule has 0 aromatic rings. The van der Waals surface area contributed by atoms with Gasteiger partial charge in [0.25, 0.3) is 0 Å². The number of carbonyl (C=O) groups excluding carboxylic acids is 1. The second kappa shape index (κ2) is 4.47. The van der Waals surface area contributed by atoms with E-state index in [1.54, 1.807) is 6.92 Å². The average molecular weight is 236 g/mol. The molecular weight excluding hydrogens is 212 g/mol. The van der Waals surface area contributed by atoms with E-state index in [9.17, 15) is 4.79 Å². The Morgan fingerprint density at radius 2 is 2.18 bits per heavy atom. The predicted octanol–water partition coefficient (Wildman–Crippen LogP) is 3.57. The second-order valence-electron chi connectivity index (χ2n) is 6.23. The number of fused-ring (bicyclic) bond motifs is 2. The van der Waals surface area contributed by atoms with Crippen LogP contribution in [0.4, 0.5) is 0 Å². The van der Waals surface area contributed by atoms with Crippen molar-refractivity contribution in [2.45, 2.75) is 46.5 Å². The summed E-state index contributed by atoms with van der Waals surface area (Å²) in [4.78, 5) is 11.3. The summed E-state index contributed by atoms with van der Waals surface area (Å²) in [6, 6.07) is 0. The third-order valence-electron chi connectivity index (χ3n) is 5.38. The van der Waals surface area contributed by atoms with Crippen LogP contribution in [0.1, 0.15) is 46.5 Å². The van der Waals surface area contributed by atoms with Gasteiger partial charge in [-0.2, -0.15) is 0 Å². The molecule has 96 valence electrons. The van der Waals surface area contributed by atoms with E-state index in [1.807, 2.05) is 0 Å². The lowest BCUT2D eigenvalue weighted by Crippen LogP contribution is -2.33. The molecule has 2 fully saturated rings. The molecule has 4 unspecified atom stereocenters. The fraction of sp³-hybridized carbons (Fsp3) is 0.800. The van der Waals surface area contributed by atoms with Gasteiger partial charge in [0, 0.05) is 5.57 Å². The molecule has 0 N–H and O–H groups in total. The van der Waals surface area contributed by atoms with Crippen LogP contribution in [0.3, 0.4) is 0 Å². The molecule has 2 heteroatoms. The van der Waals surface area contributed by atoms with Crippen molar-refractivity contribution in [3.63, 3.8) is 0 Å². The molecule has 0 radical (unpaired) electrons. The molecule has 2 aliphatic rings. The van der Waals surface area contributed by atoms with E-state index in [2.05, 4.69) is 20.4 Å². The number of esters is 1. The summed E-state index contributed by atoms with van der Waals surface area (Å²) in [5, 5.41) is 0. The number of rotatable bonds is 4.